The molecule has 1 aromatic rings. The van der Waals surface area contributed by atoms with Crippen molar-refractivity contribution in [3.05, 3.63) is 42.0 Å². The first-order valence-electron chi connectivity index (χ1n) is 5.20. The molecule has 0 amide bonds. The van der Waals surface area contributed by atoms with Crippen LogP contribution in [-0.4, -0.2) is 17.1 Å². The van der Waals surface area contributed by atoms with E-state index in [0.29, 0.717) is 11.1 Å². The highest BCUT2D eigenvalue weighted by Gasteiger charge is 2.27. The third-order valence-corrected chi connectivity index (χ3v) is 2.89. The first kappa shape index (κ1) is 12.5. The Bertz CT molecular complexity index is 570. The van der Waals surface area contributed by atoms with Gasteiger partial charge in [-0.25, -0.2) is 13.8 Å². The monoisotopic (exact) mass is 262 g/mol. The Morgan fingerprint density at radius 3 is 2.50 bits per heavy atom. The number of hydrogen-bond acceptors (Lipinski definition) is 2. The molecule has 90 valence electrons. The van der Waals surface area contributed by atoms with Gasteiger partial charge in [-0.1, -0.05) is 42.5 Å². The maximum Gasteiger partial charge on any atom is 0.280 e. The minimum absolute atomic E-state index is 0.00541. The number of nitrogens with zero attached hydrogens (tertiary/aromatic N) is 2. The summed E-state index contributed by atoms with van der Waals surface area (Å²) in [4.78, 5) is 3.60. The van der Waals surface area contributed by atoms with Crippen LogP contribution in [-0.2, 0) is 0 Å². The molecule has 1 aliphatic rings. The van der Waals surface area contributed by atoms with E-state index in [-0.39, 0.29) is 10.7 Å². The molecule has 0 N–H and O–H groups in total. The Balaban J connectivity index is 2.51. The number of rotatable bonds is 2. The second-order valence-corrected chi connectivity index (χ2v) is 4.12. The average molecular weight is 262 g/mol. The minimum Gasteiger partial charge on any atom is -0.238 e. The number of allylic oxidation sites excluding steroid dienone is 1. The van der Waals surface area contributed by atoms with E-state index in [1.165, 1.54) is 6.08 Å². The van der Waals surface area contributed by atoms with Crippen molar-refractivity contribution in [3.63, 3.8) is 0 Å². The summed E-state index contributed by atoms with van der Waals surface area (Å²) >= 11 is 4.92. The lowest BCUT2D eigenvalue weighted by molar-refractivity contribution is 0.227. The molecule has 1 unspecified atom stereocenters. The van der Waals surface area contributed by atoms with Crippen molar-refractivity contribution in [3.8, 4) is 6.07 Å². The molecule has 1 aliphatic heterocycles. The third-order valence-electron chi connectivity index (χ3n) is 2.56. The highest BCUT2D eigenvalue weighted by molar-refractivity contribution is 7.80. The molecule has 5 heteroatoms. The van der Waals surface area contributed by atoms with Crippen molar-refractivity contribution < 1.29 is 8.78 Å². The van der Waals surface area contributed by atoms with Gasteiger partial charge in [0.05, 0.1) is 6.07 Å². The normalized spacial score (nSPS) is 19.2. The zero-order chi connectivity index (χ0) is 13.1. The van der Waals surface area contributed by atoms with E-state index in [9.17, 15) is 8.78 Å². The van der Waals surface area contributed by atoms with Gasteiger partial charge in [0.15, 0.2) is 0 Å². The molecule has 0 bridgehead atoms. The Morgan fingerprint density at radius 1 is 1.28 bits per heavy atom. The van der Waals surface area contributed by atoms with E-state index in [1.54, 1.807) is 24.3 Å². The van der Waals surface area contributed by atoms with E-state index < -0.39 is 12.3 Å². The van der Waals surface area contributed by atoms with Gasteiger partial charge < -0.3 is 0 Å². The lowest BCUT2D eigenvalue weighted by Gasteiger charge is -2.18. The number of dihydropyridines is 1. The molecule has 0 fully saturated rings. The molecule has 0 aromatic heterocycles. The molecule has 0 saturated heterocycles. The van der Waals surface area contributed by atoms with Gasteiger partial charge in [-0.2, -0.15) is 5.26 Å². The standard InChI is InChI=1S/C13H8F2N2S/c14-12(15)11-6-9(8-4-2-1-3-5-8)10(7-16)13(18)17-11/h1-6,10,12H. The number of hydrogen-bond donors (Lipinski definition) is 0. The number of halogens is 2. The molecular formula is C13H8F2N2S. The van der Waals surface area contributed by atoms with Crippen molar-refractivity contribution in [1.82, 2.24) is 0 Å². The number of benzene rings is 1. The second-order valence-electron chi connectivity index (χ2n) is 3.70. The van der Waals surface area contributed by atoms with Crippen LogP contribution in [0.4, 0.5) is 8.78 Å². The molecule has 1 heterocycles. The summed E-state index contributed by atoms with van der Waals surface area (Å²) in [7, 11) is 0. The summed E-state index contributed by atoms with van der Waals surface area (Å²) < 4.78 is 25.4. The summed E-state index contributed by atoms with van der Waals surface area (Å²) in [6, 6.07) is 10.9. The van der Waals surface area contributed by atoms with Crippen LogP contribution >= 0.6 is 12.2 Å². The van der Waals surface area contributed by atoms with Gasteiger partial charge in [0.1, 0.15) is 16.6 Å². The lowest BCUT2D eigenvalue weighted by atomic mass is 9.90. The van der Waals surface area contributed by atoms with Crippen molar-refractivity contribution in [1.29, 1.82) is 5.26 Å². The molecule has 1 atom stereocenters. The fourth-order valence-corrected chi connectivity index (χ4v) is 2.00. The summed E-state index contributed by atoms with van der Waals surface area (Å²) in [6.07, 6.45) is -1.44. The van der Waals surface area contributed by atoms with Crippen LogP contribution in [0.25, 0.3) is 5.57 Å². The van der Waals surface area contributed by atoms with Crippen molar-refractivity contribution in [2.75, 3.05) is 0 Å². The van der Waals surface area contributed by atoms with Gasteiger partial charge in [0.2, 0.25) is 0 Å². The topological polar surface area (TPSA) is 36.1 Å². The second kappa shape index (κ2) is 5.15. The fourth-order valence-electron chi connectivity index (χ4n) is 1.72. The zero-order valence-electron chi connectivity index (χ0n) is 9.18. The van der Waals surface area contributed by atoms with Gasteiger partial charge in [-0.05, 0) is 17.2 Å². The SMILES string of the molecule is N#CC1C(=S)N=C(C(F)F)C=C1c1ccccc1. The largest absolute Gasteiger partial charge is 0.280 e. The quantitative estimate of drug-likeness (QED) is 0.767. The van der Waals surface area contributed by atoms with Crippen LogP contribution < -0.4 is 0 Å². The predicted octanol–water partition coefficient (Wildman–Crippen LogP) is 3.26. The molecule has 18 heavy (non-hydrogen) atoms. The van der Waals surface area contributed by atoms with E-state index in [4.69, 9.17) is 17.5 Å². The Morgan fingerprint density at radius 2 is 1.94 bits per heavy atom. The zero-order valence-corrected chi connectivity index (χ0v) is 9.99. The summed E-state index contributed by atoms with van der Waals surface area (Å²) in [5, 5.41) is 9.08. The van der Waals surface area contributed by atoms with Crippen molar-refractivity contribution in [2.45, 2.75) is 6.43 Å². The van der Waals surface area contributed by atoms with E-state index in [0.717, 1.165) is 0 Å². The molecule has 2 rings (SSSR count). The first-order chi connectivity index (χ1) is 8.63. The fraction of sp³-hybridized carbons (Fsp3) is 0.154. The van der Waals surface area contributed by atoms with Gasteiger partial charge in [-0.3, -0.25) is 0 Å². The molecule has 0 aliphatic carbocycles. The Kier molecular flexibility index (Phi) is 3.58. The van der Waals surface area contributed by atoms with Crippen LogP contribution in [0.1, 0.15) is 5.56 Å². The smallest absolute Gasteiger partial charge is 0.238 e. The van der Waals surface area contributed by atoms with Crippen molar-refractivity contribution >= 4 is 28.5 Å². The lowest BCUT2D eigenvalue weighted by Crippen LogP contribution is -2.22. The van der Waals surface area contributed by atoms with Crippen LogP contribution in [0.2, 0.25) is 0 Å². The predicted molar refractivity (Wildman–Crippen MR) is 69.6 cm³/mol. The van der Waals surface area contributed by atoms with Gasteiger partial charge in [0, 0.05) is 0 Å². The number of thiocarbonyl (C=S) groups is 1. The first-order valence-corrected chi connectivity index (χ1v) is 5.61. The average Bonchev–Trinajstić information content (AvgIpc) is 2.38. The van der Waals surface area contributed by atoms with Crippen molar-refractivity contribution in [2.24, 2.45) is 10.9 Å². The molecular weight excluding hydrogens is 254 g/mol. The van der Waals surface area contributed by atoms with Crippen LogP contribution in [0, 0.1) is 17.2 Å². The van der Waals surface area contributed by atoms with Crippen LogP contribution in [0.3, 0.4) is 0 Å². The maximum atomic E-state index is 12.7. The third kappa shape index (κ3) is 2.34. The van der Waals surface area contributed by atoms with E-state index in [2.05, 4.69) is 4.99 Å². The molecule has 0 radical (unpaired) electrons. The highest BCUT2D eigenvalue weighted by Crippen LogP contribution is 2.29. The Hall–Kier alpha value is -1.93. The highest BCUT2D eigenvalue weighted by atomic mass is 32.1. The molecule has 1 aromatic carbocycles. The Labute approximate surface area is 108 Å². The summed E-state index contributed by atoms with van der Waals surface area (Å²) in [5.41, 5.74) is 0.804. The molecule has 0 saturated carbocycles. The van der Waals surface area contributed by atoms with Gasteiger partial charge in [-0.15, -0.1) is 0 Å². The van der Waals surface area contributed by atoms with Crippen LogP contribution in [0.15, 0.2) is 41.4 Å². The maximum absolute atomic E-state index is 12.7. The van der Waals surface area contributed by atoms with Gasteiger partial charge >= 0.3 is 0 Å². The summed E-state index contributed by atoms with van der Waals surface area (Å²) in [5.74, 6) is -0.745. The number of nitriles is 1. The van der Waals surface area contributed by atoms with E-state index >= 15 is 0 Å². The van der Waals surface area contributed by atoms with E-state index in [1.807, 2.05) is 12.1 Å². The molecule has 2 nitrogen and oxygen atoms in total. The minimum atomic E-state index is -2.69. The number of aliphatic imine (C=N–C) groups is 1. The van der Waals surface area contributed by atoms with Crippen LogP contribution in [0.5, 0.6) is 0 Å². The number of alkyl halides is 2. The summed E-state index contributed by atoms with van der Waals surface area (Å²) in [6.45, 7) is 0. The molecule has 0 spiro atoms. The van der Waals surface area contributed by atoms with Gasteiger partial charge in [0.25, 0.3) is 6.43 Å².